The molecule has 2 amide bonds. The zero-order chi connectivity index (χ0) is 18.6. The summed E-state index contributed by atoms with van der Waals surface area (Å²) in [5.41, 5.74) is 8.40. The maximum absolute atomic E-state index is 12.4. The van der Waals surface area contributed by atoms with E-state index < -0.39 is 0 Å². The molecule has 0 unspecified atom stereocenters. The number of thiol groups is 1. The number of nitrogen functional groups attached to an aromatic ring is 1. The van der Waals surface area contributed by atoms with Crippen LogP contribution < -0.4 is 15.8 Å². The second-order valence-corrected chi connectivity index (χ2v) is 6.35. The third-order valence-corrected chi connectivity index (χ3v) is 4.70. The summed E-state index contributed by atoms with van der Waals surface area (Å²) in [6.07, 6.45) is 1.29. The van der Waals surface area contributed by atoms with E-state index in [2.05, 4.69) is 29.4 Å². The van der Waals surface area contributed by atoms with E-state index in [0.717, 1.165) is 5.56 Å². The van der Waals surface area contributed by atoms with Gasteiger partial charge in [0.05, 0.1) is 28.6 Å². The number of halogens is 1. The van der Waals surface area contributed by atoms with E-state index in [1.54, 1.807) is 15.9 Å². The third-order valence-electron chi connectivity index (χ3n) is 4.16. The van der Waals surface area contributed by atoms with E-state index >= 15 is 0 Å². The highest BCUT2D eigenvalue weighted by molar-refractivity contribution is 7.81. The van der Waals surface area contributed by atoms with Crippen LogP contribution in [-0.4, -0.2) is 54.3 Å². The Kier molecular flexibility index (Phi) is 6.44. The molecular formula is C16H22ClN5O2S. The van der Waals surface area contributed by atoms with Crippen LogP contribution in [0.25, 0.3) is 0 Å². The predicted octanol–water partition coefficient (Wildman–Crippen LogP) is 1.76. The van der Waals surface area contributed by atoms with E-state index in [1.807, 2.05) is 6.92 Å². The van der Waals surface area contributed by atoms with Gasteiger partial charge in [0.1, 0.15) is 0 Å². The number of nitrogens with two attached hydrogens (primary N) is 1. The molecule has 1 aromatic rings. The van der Waals surface area contributed by atoms with Gasteiger partial charge in [-0.1, -0.05) is 31.0 Å². The molecule has 25 heavy (non-hydrogen) atoms. The molecule has 7 nitrogen and oxygen atoms in total. The first kappa shape index (κ1) is 19.3. The van der Waals surface area contributed by atoms with E-state index in [9.17, 15) is 9.59 Å². The Morgan fingerprint density at radius 1 is 1.32 bits per heavy atom. The van der Waals surface area contributed by atoms with Gasteiger partial charge in [-0.25, -0.2) is 0 Å². The number of carbonyl (C=O) groups is 2. The second-order valence-electron chi connectivity index (χ2n) is 5.71. The molecule has 0 bridgehead atoms. The van der Waals surface area contributed by atoms with Crippen LogP contribution in [0.1, 0.15) is 5.56 Å². The molecule has 1 aromatic carbocycles. The molecule has 0 atom stereocenters. The van der Waals surface area contributed by atoms with Crippen molar-refractivity contribution in [2.24, 2.45) is 0 Å². The summed E-state index contributed by atoms with van der Waals surface area (Å²) in [7, 11) is 0. The Balaban J connectivity index is 1.98. The molecule has 0 radical (unpaired) electrons. The summed E-state index contributed by atoms with van der Waals surface area (Å²) in [6, 6.07) is 1.73. The molecule has 0 spiro atoms. The Morgan fingerprint density at radius 2 is 1.92 bits per heavy atom. The van der Waals surface area contributed by atoms with Crippen molar-refractivity contribution in [3.63, 3.8) is 0 Å². The molecule has 1 aliphatic heterocycles. The van der Waals surface area contributed by atoms with E-state index in [-0.39, 0.29) is 18.4 Å². The molecule has 0 saturated carbocycles. The second kappa shape index (κ2) is 8.35. The number of anilines is 3. The minimum absolute atomic E-state index is 0.0521. The van der Waals surface area contributed by atoms with Crippen molar-refractivity contribution in [3.05, 3.63) is 29.3 Å². The minimum atomic E-state index is -0.109. The number of carbonyl (C=O) groups excluding carboxylic acids is 2. The molecule has 9 heteroatoms. The van der Waals surface area contributed by atoms with E-state index in [4.69, 9.17) is 17.3 Å². The van der Waals surface area contributed by atoms with Crippen LogP contribution in [0, 0.1) is 6.92 Å². The van der Waals surface area contributed by atoms with Crippen molar-refractivity contribution < 1.29 is 9.59 Å². The highest BCUT2D eigenvalue weighted by Crippen LogP contribution is 2.37. The molecule has 2 rings (SSSR count). The smallest absolute Gasteiger partial charge is 0.246 e. The van der Waals surface area contributed by atoms with Crippen molar-refractivity contribution in [2.75, 3.05) is 48.5 Å². The molecule has 1 aliphatic rings. The third kappa shape index (κ3) is 4.32. The van der Waals surface area contributed by atoms with E-state index in [0.29, 0.717) is 48.3 Å². The van der Waals surface area contributed by atoms with Crippen LogP contribution in [0.3, 0.4) is 0 Å². The first-order valence-electron chi connectivity index (χ1n) is 7.80. The number of amides is 2. The van der Waals surface area contributed by atoms with E-state index in [1.165, 1.54) is 6.08 Å². The fourth-order valence-corrected chi connectivity index (χ4v) is 3.21. The molecule has 1 fully saturated rings. The lowest BCUT2D eigenvalue weighted by Crippen LogP contribution is -2.51. The average Bonchev–Trinajstić information content (AvgIpc) is 2.62. The molecule has 0 aromatic heterocycles. The van der Waals surface area contributed by atoms with Crippen LogP contribution in [0.5, 0.6) is 0 Å². The average molecular weight is 384 g/mol. The van der Waals surface area contributed by atoms with Crippen molar-refractivity contribution in [1.82, 2.24) is 9.80 Å². The van der Waals surface area contributed by atoms with Crippen LogP contribution >= 0.6 is 24.4 Å². The maximum Gasteiger partial charge on any atom is 0.246 e. The Labute approximate surface area is 157 Å². The van der Waals surface area contributed by atoms with Gasteiger partial charge in [-0.3, -0.25) is 9.59 Å². The highest BCUT2D eigenvalue weighted by atomic mass is 35.5. The molecule has 1 saturated heterocycles. The lowest BCUT2D eigenvalue weighted by atomic mass is 10.1. The number of aryl methyl sites for hydroxylation is 1. The number of rotatable bonds is 5. The van der Waals surface area contributed by atoms with Gasteiger partial charge in [0.15, 0.2) is 0 Å². The SMILES string of the molecule is C=CC(=O)N1CCN(C(=O)CNc2c(C)cc(Cl)c(N)c2NS)CC1. The van der Waals surface area contributed by atoms with Crippen molar-refractivity contribution >= 4 is 53.3 Å². The van der Waals surface area contributed by atoms with Crippen LogP contribution in [0.4, 0.5) is 17.1 Å². The quantitative estimate of drug-likeness (QED) is 0.353. The van der Waals surface area contributed by atoms with Gasteiger partial charge in [-0.05, 0) is 24.6 Å². The lowest BCUT2D eigenvalue weighted by molar-refractivity contribution is -0.135. The van der Waals surface area contributed by atoms with Crippen molar-refractivity contribution in [2.45, 2.75) is 6.92 Å². The lowest BCUT2D eigenvalue weighted by Gasteiger charge is -2.34. The highest BCUT2D eigenvalue weighted by Gasteiger charge is 2.23. The summed E-state index contributed by atoms with van der Waals surface area (Å²) >= 11 is 10.1. The zero-order valence-corrected chi connectivity index (χ0v) is 15.7. The zero-order valence-electron chi connectivity index (χ0n) is 14.0. The van der Waals surface area contributed by atoms with Crippen molar-refractivity contribution in [1.29, 1.82) is 0 Å². The van der Waals surface area contributed by atoms with Gasteiger partial charge in [-0.2, -0.15) is 0 Å². The van der Waals surface area contributed by atoms with Gasteiger partial charge in [0.2, 0.25) is 11.8 Å². The number of hydrogen-bond acceptors (Lipinski definition) is 6. The minimum Gasteiger partial charge on any atom is -0.396 e. The number of nitrogens with zero attached hydrogens (tertiary/aromatic N) is 2. The number of hydrogen-bond donors (Lipinski definition) is 4. The number of nitrogens with one attached hydrogen (secondary N) is 2. The monoisotopic (exact) mass is 383 g/mol. The molecular weight excluding hydrogens is 362 g/mol. The predicted molar refractivity (Wildman–Crippen MR) is 105 cm³/mol. The Bertz CT molecular complexity index is 690. The topological polar surface area (TPSA) is 90.7 Å². The van der Waals surface area contributed by atoms with Gasteiger partial charge >= 0.3 is 0 Å². The molecule has 1 heterocycles. The van der Waals surface area contributed by atoms with Gasteiger partial charge in [0.25, 0.3) is 0 Å². The summed E-state index contributed by atoms with van der Waals surface area (Å²) in [6.45, 7) is 7.47. The van der Waals surface area contributed by atoms with Crippen LogP contribution in [0.2, 0.25) is 5.02 Å². The van der Waals surface area contributed by atoms with Crippen LogP contribution in [0.15, 0.2) is 18.7 Å². The molecule has 136 valence electrons. The maximum atomic E-state index is 12.4. The fraction of sp³-hybridized carbons (Fsp3) is 0.375. The van der Waals surface area contributed by atoms with Crippen molar-refractivity contribution in [3.8, 4) is 0 Å². The fourth-order valence-electron chi connectivity index (χ4n) is 2.72. The molecule has 0 aliphatic carbocycles. The number of piperazine rings is 1. The van der Waals surface area contributed by atoms with Crippen LogP contribution in [-0.2, 0) is 9.59 Å². The normalized spacial score (nSPS) is 14.2. The summed E-state index contributed by atoms with van der Waals surface area (Å²) in [5, 5.41) is 3.53. The number of benzene rings is 1. The van der Waals surface area contributed by atoms with Gasteiger partial charge < -0.3 is 25.6 Å². The summed E-state index contributed by atoms with van der Waals surface area (Å²) in [4.78, 5) is 27.4. The first-order valence-corrected chi connectivity index (χ1v) is 8.63. The van der Waals surface area contributed by atoms with Gasteiger partial charge in [-0.15, -0.1) is 0 Å². The Morgan fingerprint density at radius 3 is 2.48 bits per heavy atom. The first-order chi connectivity index (χ1) is 11.9. The van der Waals surface area contributed by atoms with Gasteiger partial charge in [0, 0.05) is 26.2 Å². The largest absolute Gasteiger partial charge is 0.396 e. The summed E-state index contributed by atoms with van der Waals surface area (Å²) in [5.74, 6) is -0.161. The summed E-state index contributed by atoms with van der Waals surface area (Å²) < 4.78 is 2.72. The standard InChI is InChI=1S/C16H22ClN5O2S/c1-3-12(23)21-4-6-22(7-5-21)13(24)9-19-15-10(2)8-11(17)14(18)16(15)20-25/h3,8,19-20,25H,1,4-7,9,18H2,2H3. The molecule has 4 N–H and O–H groups in total. The Hall–Kier alpha value is -2.06.